The number of nitrogens with zero attached hydrogens (tertiary/aromatic N) is 3. The van der Waals surface area contributed by atoms with Gasteiger partial charge in [-0.3, -0.25) is 23.9 Å². The van der Waals surface area contributed by atoms with Crippen LogP contribution in [0.5, 0.6) is 0 Å². The standard InChI is InChI=1S/C30H31ClN4O3S/c1-3-34(4-2)17-25-33-29-27(21-12-8-9-13-24(21)39-29)30(38)35(25)18-26(36)32-23-15-14-20(31)16-22(23)28(37)19-10-6-5-7-11-19/h5-7,10-11,14-16H,3-4,8-9,12-13,17-18H2,1-2H3,(H,32,36). The predicted octanol–water partition coefficient (Wildman–Crippen LogP) is 5.70. The van der Waals surface area contributed by atoms with Gasteiger partial charge in [-0.05, 0) is 62.5 Å². The molecular formula is C30H31ClN4O3S. The van der Waals surface area contributed by atoms with Crippen molar-refractivity contribution in [2.24, 2.45) is 0 Å². The van der Waals surface area contributed by atoms with E-state index < -0.39 is 5.91 Å². The van der Waals surface area contributed by atoms with Gasteiger partial charge >= 0.3 is 0 Å². The number of nitrogens with one attached hydrogen (secondary N) is 1. The molecule has 0 saturated heterocycles. The number of hydrogen-bond donors (Lipinski definition) is 1. The van der Waals surface area contributed by atoms with Crippen molar-refractivity contribution in [3.8, 4) is 0 Å². The second-order valence-electron chi connectivity index (χ2n) is 9.71. The molecular weight excluding hydrogens is 532 g/mol. The number of halogens is 1. The number of rotatable bonds is 9. The van der Waals surface area contributed by atoms with Crippen molar-refractivity contribution >= 4 is 50.5 Å². The summed E-state index contributed by atoms with van der Waals surface area (Å²) in [5, 5.41) is 3.90. The molecule has 0 bridgehead atoms. The van der Waals surface area contributed by atoms with Crippen LogP contribution < -0.4 is 10.9 Å². The van der Waals surface area contributed by atoms with Crippen LogP contribution in [-0.4, -0.2) is 39.2 Å². The molecule has 2 heterocycles. The highest BCUT2D eigenvalue weighted by atomic mass is 35.5. The van der Waals surface area contributed by atoms with Crippen molar-refractivity contribution in [2.75, 3.05) is 18.4 Å². The third-order valence-corrected chi connectivity index (χ3v) is 8.67. The van der Waals surface area contributed by atoms with Crippen molar-refractivity contribution in [2.45, 2.75) is 52.6 Å². The van der Waals surface area contributed by atoms with Crippen LogP contribution in [0.2, 0.25) is 5.02 Å². The van der Waals surface area contributed by atoms with Crippen molar-refractivity contribution in [1.29, 1.82) is 0 Å². The minimum Gasteiger partial charge on any atom is -0.324 e. The molecule has 1 amide bonds. The smallest absolute Gasteiger partial charge is 0.263 e. The van der Waals surface area contributed by atoms with Gasteiger partial charge < -0.3 is 5.32 Å². The molecule has 5 rings (SSSR count). The second kappa shape index (κ2) is 11.8. The van der Waals surface area contributed by atoms with Crippen LogP contribution >= 0.6 is 22.9 Å². The molecule has 0 aliphatic heterocycles. The summed E-state index contributed by atoms with van der Waals surface area (Å²) in [6.45, 7) is 5.98. The summed E-state index contributed by atoms with van der Waals surface area (Å²) in [5.74, 6) is -0.0880. The van der Waals surface area contributed by atoms with Gasteiger partial charge in [0.05, 0.1) is 17.6 Å². The van der Waals surface area contributed by atoms with Crippen molar-refractivity contribution in [3.63, 3.8) is 0 Å². The first-order chi connectivity index (χ1) is 18.9. The average Bonchev–Trinajstić information content (AvgIpc) is 3.33. The molecule has 2 aromatic carbocycles. The van der Waals surface area contributed by atoms with Crippen molar-refractivity contribution in [1.82, 2.24) is 14.5 Å². The van der Waals surface area contributed by atoms with Crippen molar-refractivity contribution in [3.05, 3.63) is 91.3 Å². The number of amides is 1. The molecule has 0 radical (unpaired) electrons. The number of thiophene rings is 1. The number of aromatic nitrogens is 2. The van der Waals surface area contributed by atoms with E-state index in [0.717, 1.165) is 49.2 Å². The lowest BCUT2D eigenvalue weighted by molar-refractivity contribution is -0.116. The van der Waals surface area contributed by atoms with Gasteiger partial charge in [0.1, 0.15) is 17.2 Å². The fourth-order valence-corrected chi connectivity index (χ4v) is 6.55. The number of aryl methyl sites for hydroxylation is 2. The highest BCUT2D eigenvalue weighted by Gasteiger charge is 2.24. The Morgan fingerprint density at radius 2 is 1.82 bits per heavy atom. The van der Waals surface area contributed by atoms with E-state index in [4.69, 9.17) is 16.6 Å². The highest BCUT2D eigenvalue weighted by molar-refractivity contribution is 7.18. The van der Waals surface area contributed by atoms with Crippen LogP contribution in [0.1, 0.15) is 58.9 Å². The molecule has 1 aliphatic rings. The molecule has 1 aliphatic carbocycles. The van der Waals surface area contributed by atoms with E-state index in [1.807, 2.05) is 6.07 Å². The van der Waals surface area contributed by atoms with Crippen LogP contribution in [-0.2, 0) is 30.7 Å². The molecule has 0 fully saturated rings. The van der Waals surface area contributed by atoms with E-state index in [-0.39, 0.29) is 17.9 Å². The van der Waals surface area contributed by atoms with Gasteiger partial charge in [-0.25, -0.2) is 4.98 Å². The number of carbonyl (C=O) groups excluding carboxylic acids is 2. The van der Waals surface area contributed by atoms with Gasteiger partial charge in [0, 0.05) is 21.0 Å². The van der Waals surface area contributed by atoms with Gasteiger partial charge in [-0.1, -0.05) is 55.8 Å². The zero-order chi connectivity index (χ0) is 27.5. The van der Waals surface area contributed by atoms with Crippen LogP contribution in [0, 0.1) is 0 Å². The third kappa shape index (κ3) is 5.69. The summed E-state index contributed by atoms with van der Waals surface area (Å²) < 4.78 is 1.51. The maximum atomic E-state index is 13.9. The predicted molar refractivity (Wildman–Crippen MR) is 157 cm³/mol. The summed E-state index contributed by atoms with van der Waals surface area (Å²) in [6.07, 6.45) is 4.00. The Bertz CT molecular complexity index is 1590. The lowest BCUT2D eigenvalue weighted by Crippen LogP contribution is -2.34. The zero-order valence-corrected chi connectivity index (χ0v) is 23.7. The SMILES string of the molecule is CCN(CC)Cc1nc2sc3c(c2c(=O)n1CC(=O)Nc1ccc(Cl)cc1C(=O)c1ccccc1)CCCC3. The Morgan fingerprint density at radius 1 is 1.08 bits per heavy atom. The van der Waals surface area contributed by atoms with Crippen LogP contribution in [0.3, 0.4) is 0 Å². The first kappa shape index (κ1) is 27.2. The second-order valence-corrected chi connectivity index (χ2v) is 11.2. The summed E-state index contributed by atoms with van der Waals surface area (Å²) in [7, 11) is 0. The molecule has 202 valence electrons. The van der Waals surface area contributed by atoms with E-state index in [2.05, 4.69) is 24.1 Å². The molecule has 0 saturated carbocycles. The fourth-order valence-electron chi connectivity index (χ4n) is 5.10. The monoisotopic (exact) mass is 562 g/mol. The Labute approximate surface area is 236 Å². The molecule has 2 aromatic heterocycles. The minimum absolute atomic E-state index is 0.173. The number of fused-ring (bicyclic) bond motifs is 3. The largest absolute Gasteiger partial charge is 0.324 e. The van der Waals surface area contributed by atoms with Crippen LogP contribution in [0.4, 0.5) is 5.69 Å². The Morgan fingerprint density at radius 3 is 2.56 bits per heavy atom. The topological polar surface area (TPSA) is 84.3 Å². The maximum absolute atomic E-state index is 13.9. The Balaban J connectivity index is 1.51. The fraction of sp³-hybridized carbons (Fsp3) is 0.333. The molecule has 1 N–H and O–H groups in total. The molecule has 0 spiro atoms. The van der Waals surface area contributed by atoms with E-state index in [1.165, 1.54) is 9.44 Å². The number of hydrogen-bond acceptors (Lipinski definition) is 6. The molecule has 9 heteroatoms. The molecule has 0 unspecified atom stereocenters. The van der Waals surface area contributed by atoms with Crippen LogP contribution in [0.25, 0.3) is 10.2 Å². The van der Waals surface area contributed by atoms with Crippen molar-refractivity contribution < 1.29 is 9.59 Å². The first-order valence-corrected chi connectivity index (χ1v) is 14.5. The number of carbonyl (C=O) groups is 2. The lowest BCUT2D eigenvalue weighted by Gasteiger charge is -2.20. The first-order valence-electron chi connectivity index (χ1n) is 13.3. The quantitative estimate of drug-likeness (QED) is 0.264. The van der Waals surface area contributed by atoms with E-state index in [9.17, 15) is 14.4 Å². The van der Waals surface area contributed by atoms with Gasteiger partial charge in [0.25, 0.3) is 5.56 Å². The average molecular weight is 563 g/mol. The van der Waals surface area contributed by atoms with Gasteiger partial charge in [0.2, 0.25) is 5.91 Å². The summed E-state index contributed by atoms with van der Waals surface area (Å²) in [4.78, 5) is 49.6. The number of benzene rings is 2. The Hall–Kier alpha value is -3.33. The number of ketones is 1. The molecule has 39 heavy (non-hydrogen) atoms. The molecule has 7 nitrogen and oxygen atoms in total. The van der Waals surface area contributed by atoms with E-state index in [1.54, 1.807) is 53.8 Å². The number of anilines is 1. The molecule has 0 atom stereocenters. The normalized spacial score (nSPS) is 13.0. The van der Waals surface area contributed by atoms with Gasteiger partial charge in [0.15, 0.2) is 5.78 Å². The molecule has 4 aromatic rings. The highest BCUT2D eigenvalue weighted by Crippen LogP contribution is 2.34. The lowest BCUT2D eigenvalue weighted by atomic mass is 9.97. The summed E-state index contributed by atoms with van der Waals surface area (Å²) in [6, 6.07) is 13.6. The maximum Gasteiger partial charge on any atom is 0.263 e. The third-order valence-electron chi connectivity index (χ3n) is 7.25. The summed E-state index contributed by atoms with van der Waals surface area (Å²) in [5.41, 5.74) is 2.05. The van der Waals surface area contributed by atoms with Crippen LogP contribution in [0.15, 0.2) is 53.3 Å². The van der Waals surface area contributed by atoms with Gasteiger partial charge in [-0.2, -0.15) is 0 Å². The summed E-state index contributed by atoms with van der Waals surface area (Å²) >= 11 is 7.82. The van der Waals surface area contributed by atoms with E-state index >= 15 is 0 Å². The zero-order valence-electron chi connectivity index (χ0n) is 22.1. The van der Waals surface area contributed by atoms with E-state index in [0.29, 0.717) is 39.6 Å². The van der Waals surface area contributed by atoms with Gasteiger partial charge in [-0.15, -0.1) is 11.3 Å². The Kier molecular flexibility index (Phi) is 8.26. The minimum atomic E-state index is -0.410.